The van der Waals surface area contributed by atoms with Gasteiger partial charge in [0.25, 0.3) is 5.56 Å². The molecule has 0 radical (unpaired) electrons. The molecular weight excluding hydrogens is 286 g/mol. The summed E-state index contributed by atoms with van der Waals surface area (Å²) in [5.74, 6) is 0. The van der Waals surface area contributed by atoms with Crippen molar-refractivity contribution in [3.8, 4) is 5.69 Å². The van der Waals surface area contributed by atoms with Crippen LogP contribution in [0.2, 0.25) is 0 Å². The summed E-state index contributed by atoms with van der Waals surface area (Å²) in [6, 6.07) is 15.9. The Morgan fingerprint density at radius 1 is 0.957 bits per heavy atom. The third-order valence-corrected chi connectivity index (χ3v) is 4.46. The molecule has 0 unspecified atom stereocenters. The van der Waals surface area contributed by atoms with Crippen LogP contribution in [0.4, 0.5) is 0 Å². The minimum absolute atomic E-state index is 0.0846. The number of fused-ring (bicyclic) bond motifs is 3. The van der Waals surface area contributed by atoms with Crippen LogP contribution in [-0.4, -0.2) is 14.3 Å². The summed E-state index contributed by atoms with van der Waals surface area (Å²) in [4.78, 5) is 13.1. The van der Waals surface area contributed by atoms with Gasteiger partial charge in [0.15, 0.2) is 0 Å². The van der Waals surface area contributed by atoms with Crippen LogP contribution in [0.3, 0.4) is 0 Å². The summed E-state index contributed by atoms with van der Waals surface area (Å²) < 4.78 is 3.49. The average molecular weight is 303 g/mol. The SMILES string of the molecule is Cc1ccccc1-n1nc(C)c2c3ccccc3n(C)c2c1=O. The van der Waals surface area contributed by atoms with E-state index < -0.39 is 0 Å². The molecule has 0 aliphatic heterocycles. The van der Waals surface area contributed by atoms with Crippen molar-refractivity contribution in [1.82, 2.24) is 14.3 Å². The topological polar surface area (TPSA) is 39.8 Å². The lowest BCUT2D eigenvalue weighted by Gasteiger charge is -2.10. The van der Waals surface area contributed by atoms with Crippen molar-refractivity contribution in [2.45, 2.75) is 13.8 Å². The van der Waals surface area contributed by atoms with Gasteiger partial charge in [-0.15, -0.1) is 0 Å². The van der Waals surface area contributed by atoms with E-state index in [0.717, 1.165) is 33.2 Å². The molecule has 114 valence electrons. The first-order chi connectivity index (χ1) is 11.1. The number of benzene rings is 2. The highest BCUT2D eigenvalue weighted by Crippen LogP contribution is 2.27. The van der Waals surface area contributed by atoms with Gasteiger partial charge in [-0.05, 0) is 31.5 Å². The summed E-state index contributed by atoms with van der Waals surface area (Å²) in [7, 11) is 1.94. The molecule has 4 nitrogen and oxygen atoms in total. The molecule has 23 heavy (non-hydrogen) atoms. The second kappa shape index (κ2) is 4.81. The molecule has 4 rings (SSSR count). The lowest BCUT2D eigenvalue weighted by molar-refractivity contribution is 0.788. The maximum Gasteiger partial charge on any atom is 0.296 e. The molecule has 0 atom stereocenters. The smallest absolute Gasteiger partial charge is 0.296 e. The predicted molar refractivity (Wildman–Crippen MR) is 93.3 cm³/mol. The number of hydrogen-bond donors (Lipinski definition) is 0. The summed E-state index contributed by atoms with van der Waals surface area (Å²) in [5, 5.41) is 6.60. The van der Waals surface area contributed by atoms with E-state index in [1.165, 1.54) is 4.68 Å². The van der Waals surface area contributed by atoms with Gasteiger partial charge < -0.3 is 4.57 Å². The summed E-state index contributed by atoms with van der Waals surface area (Å²) in [6.45, 7) is 3.95. The number of aromatic nitrogens is 3. The largest absolute Gasteiger partial charge is 0.339 e. The maximum atomic E-state index is 13.1. The van der Waals surface area contributed by atoms with Crippen molar-refractivity contribution in [1.29, 1.82) is 0 Å². The summed E-state index contributed by atoms with van der Waals surface area (Å²) in [5.41, 5.74) is 4.37. The fourth-order valence-electron chi connectivity index (χ4n) is 3.32. The Balaban J connectivity index is 2.21. The van der Waals surface area contributed by atoms with Crippen molar-refractivity contribution in [2.75, 3.05) is 0 Å². The first-order valence-corrected chi connectivity index (χ1v) is 7.62. The van der Waals surface area contributed by atoms with Crippen LogP contribution in [0.15, 0.2) is 53.3 Å². The average Bonchev–Trinajstić information content (AvgIpc) is 2.86. The highest BCUT2D eigenvalue weighted by Gasteiger charge is 2.17. The van der Waals surface area contributed by atoms with Gasteiger partial charge in [0.05, 0.1) is 11.4 Å². The fraction of sp³-hybridized carbons (Fsp3) is 0.158. The molecule has 0 fully saturated rings. The Labute approximate surface area is 133 Å². The van der Waals surface area contributed by atoms with Gasteiger partial charge >= 0.3 is 0 Å². The normalized spacial score (nSPS) is 11.4. The molecule has 0 saturated carbocycles. The summed E-state index contributed by atoms with van der Waals surface area (Å²) in [6.07, 6.45) is 0. The third kappa shape index (κ3) is 1.84. The van der Waals surface area contributed by atoms with Crippen molar-refractivity contribution >= 4 is 21.8 Å². The maximum absolute atomic E-state index is 13.1. The second-order valence-electron chi connectivity index (χ2n) is 5.89. The van der Waals surface area contributed by atoms with Gasteiger partial charge in [0.2, 0.25) is 0 Å². The van der Waals surface area contributed by atoms with Crippen LogP contribution in [0.5, 0.6) is 0 Å². The first-order valence-electron chi connectivity index (χ1n) is 7.62. The number of para-hydroxylation sites is 2. The Morgan fingerprint density at radius 3 is 2.43 bits per heavy atom. The molecule has 2 aromatic carbocycles. The third-order valence-electron chi connectivity index (χ3n) is 4.46. The van der Waals surface area contributed by atoms with Gasteiger partial charge in [-0.3, -0.25) is 4.79 Å². The second-order valence-corrected chi connectivity index (χ2v) is 5.89. The number of rotatable bonds is 1. The molecule has 4 aromatic rings. The predicted octanol–water partition coefficient (Wildman–Crippen LogP) is 3.49. The lowest BCUT2D eigenvalue weighted by Crippen LogP contribution is -2.24. The Bertz CT molecular complexity index is 1120. The molecule has 0 saturated heterocycles. The molecule has 0 N–H and O–H groups in total. The quantitative estimate of drug-likeness (QED) is 0.540. The van der Waals surface area contributed by atoms with Gasteiger partial charge in [-0.1, -0.05) is 36.4 Å². The number of aryl methyl sites for hydroxylation is 3. The van der Waals surface area contributed by atoms with Crippen molar-refractivity contribution in [3.05, 3.63) is 70.1 Å². The molecular formula is C19H17N3O. The first kappa shape index (κ1) is 13.8. The minimum Gasteiger partial charge on any atom is -0.339 e. The Hall–Kier alpha value is -2.88. The molecule has 4 heteroatoms. The van der Waals surface area contributed by atoms with E-state index in [2.05, 4.69) is 5.10 Å². The van der Waals surface area contributed by atoms with Crippen LogP contribution < -0.4 is 5.56 Å². The Morgan fingerprint density at radius 2 is 1.65 bits per heavy atom. The van der Waals surface area contributed by atoms with E-state index in [-0.39, 0.29) is 5.56 Å². The molecule has 0 amide bonds. The standard InChI is InChI=1S/C19H17N3O/c1-12-8-4-6-10-15(12)22-19(23)18-17(13(2)20-22)14-9-5-7-11-16(14)21(18)3/h4-11H,1-3H3. The fourth-order valence-corrected chi connectivity index (χ4v) is 3.32. The molecule has 0 bridgehead atoms. The van der Waals surface area contributed by atoms with Crippen LogP contribution in [0.25, 0.3) is 27.5 Å². The van der Waals surface area contributed by atoms with Gasteiger partial charge in [0.1, 0.15) is 5.52 Å². The highest BCUT2D eigenvalue weighted by atomic mass is 16.1. The monoisotopic (exact) mass is 303 g/mol. The molecule has 0 aliphatic rings. The molecule has 0 spiro atoms. The van der Waals surface area contributed by atoms with Crippen LogP contribution in [0.1, 0.15) is 11.3 Å². The number of nitrogens with zero attached hydrogens (tertiary/aromatic N) is 3. The van der Waals surface area contributed by atoms with E-state index in [0.29, 0.717) is 5.52 Å². The zero-order valence-electron chi connectivity index (χ0n) is 13.4. The zero-order valence-corrected chi connectivity index (χ0v) is 13.4. The Kier molecular flexibility index (Phi) is 2.88. The lowest BCUT2D eigenvalue weighted by atomic mass is 10.1. The van der Waals surface area contributed by atoms with Crippen LogP contribution in [0, 0.1) is 13.8 Å². The van der Waals surface area contributed by atoms with E-state index in [1.54, 1.807) is 0 Å². The van der Waals surface area contributed by atoms with Gasteiger partial charge in [0, 0.05) is 23.3 Å². The highest BCUT2D eigenvalue weighted by molar-refractivity contribution is 6.08. The van der Waals surface area contributed by atoms with Crippen LogP contribution >= 0.6 is 0 Å². The molecule has 2 heterocycles. The van der Waals surface area contributed by atoms with Crippen molar-refractivity contribution in [3.63, 3.8) is 0 Å². The molecule has 0 aliphatic carbocycles. The van der Waals surface area contributed by atoms with E-state index in [9.17, 15) is 4.79 Å². The molecule has 2 aromatic heterocycles. The van der Waals surface area contributed by atoms with Crippen LogP contribution in [-0.2, 0) is 7.05 Å². The zero-order chi connectivity index (χ0) is 16.1. The van der Waals surface area contributed by atoms with E-state index >= 15 is 0 Å². The van der Waals surface area contributed by atoms with E-state index in [1.807, 2.05) is 74.0 Å². The summed E-state index contributed by atoms with van der Waals surface area (Å²) >= 11 is 0. The minimum atomic E-state index is -0.0846. The van der Waals surface area contributed by atoms with Gasteiger partial charge in [-0.25, -0.2) is 0 Å². The van der Waals surface area contributed by atoms with Crippen molar-refractivity contribution in [2.24, 2.45) is 7.05 Å². The van der Waals surface area contributed by atoms with Gasteiger partial charge in [-0.2, -0.15) is 9.78 Å². The van der Waals surface area contributed by atoms with E-state index in [4.69, 9.17) is 0 Å². The number of hydrogen-bond acceptors (Lipinski definition) is 2. The van der Waals surface area contributed by atoms with Crippen molar-refractivity contribution < 1.29 is 0 Å².